The molecular formula is C19H27N9. The van der Waals surface area contributed by atoms with Gasteiger partial charge in [0.1, 0.15) is 5.82 Å². The van der Waals surface area contributed by atoms with Crippen molar-refractivity contribution in [1.29, 1.82) is 0 Å². The van der Waals surface area contributed by atoms with Crippen molar-refractivity contribution >= 4 is 22.8 Å². The van der Waals surface area contributed by atoms with E-state index in [0.29, 0.717) is 22.9 Å². The van der Waals surface area contributed by atoms with E-state index < -0.39 is 0 Å². The highest BCUT2D eigenvalue weighted by molar-refractivity contribution is 5.70. The van der Waals surface area contributed by atoms with Crippen molar-refractivity contribution in [1.82, 2.24) is 29.2 Å². The molecule has 0 unspecified atom stereocenters. The van der Waals surface area contributed by atoms with Crippen LogP contribution in [0.2, 0.25) is 0 Å². The molecule has 0 atom stereocenters. The Balaban J connectivity index is 2.23. The van der Waals surface area contributed by atoms with Gasteiger partial charge in [0.2, 0.25) is 0 Å². The molecule has 0 aromatic carbocycles. The van der Waals surface area contributed by atoms with Crippen molar-refractivity contribution in [3.63, 3.8) is 0 Å². The van der Waals surface area contributed by atoms with Crippen LogP contribution in [0.1, 0.15) is 58.8 Å². The summed E-state index contributed by atoms with van der Waals surface area (Å²) in [6, 6.07) is 0. The molecule has 0 amide bonds. The van der Waals surface area contributed by atoms with Crippen LogP contribution < -0.4 is 0 Å². The molecule has 9 heteroatoms. The summed E-state index contributed by atoms with van der Waals surface area (Å²) in [6.45, 7) is 21.9. The molecule has 0 fully saturated rings. The van der Waals surface area contributed by atoms with E-state index in [1.54, 1.807) is 16.4 Å². The topological polar surface area (TPSA) is 82.0 Å². The molecule has 0 N–H and O–H groups in total. The van der Waals surface area contributed by atoms with Crippen LogP contribution in [-0.4, -0.2) is 29.2 Å². The minimum atomic E-state index is -0.258. The molecule has 9 nitrogen and oxygen atoms in total. The van der Waals surface area contributed by atoms with Gasteiger partial charge < -0.3 is 4.57 Å². The van der Waals surface area contributed by atoms with Gasteiger partial charge in [0, 0.05) is 19.5 Å². The molecule has 3 aromatic heterocycles. The molecule has 0 radical (unpaired) electrons. The summed E-state index contributed by atoms with van der Waals surface area (Å²) in [5.41, 5.74) is 2.89. The van der Waals surface area contributed by atoms with E-state index in [0.717, 1.165) is 17.2 Å². The molecule has 0 aliphatic carbocycles. The van der Waals surface area contributed by atoms with Crippen LogP contribution in [0.4, 0.5) is 17.2 Å². The Bertz CT molecular complexity index is 1120. The predicted molar refractivity (Wildman–Crippen MR) is 108 cm³/mol. The van der Waals surface area contributed by atoms with Crippen LogP contribution in [0.3, 0.4) is 0 Å². The maximum atomic E-state index is 7.62. The zero-order chi connectivity index (χ0) is 21.0. The molecule has 3 heterocycles. The lowest BCUT2D eigenvalue weighted by Gasteiger charge is -2.15. The average molecular weight is 381 g/mol. The van der Waals surface area contributed by atoms with Gasteiger partial charge in [-0.3, -0.25) is 4.68 Å². The van der Waals surface area contributed by atoms with Gasteiger partial charge in [-0.2, -0.15) is 10.2 Å². The standard InChI is InChI=1S/C19H27N9/c1-11-23-28-17(26(11)9)13(15(25-28)19(5,6)7)21-22-16-12(20-8)14(18(2,3)4)24-27(16)10/h1-7,9-10H3. The summed E-state index contributed by atoms with van der Waals surface area (Å²) in [5, 5.41) is 22.6. The van der Waals surface area contributed by atoms with Crippen LogP contribution in [0, 0.1) is 13.5 Å². The fourth-order valence-electron chi connectivity index (χ4n) is 3.03. The summed E-state index contributed by atoms with van der Waals surface area (Å²) >= 11 is 0. The Morgan fingerprint density at radius 1 is 0.893 bits per heavy atom. The van der Waals surface area contributed by atoms with Gasteiger partial charge in [0.25, 0.3) is 5.69 Å². The Kier molecular flexibility index (Phi) is 4.41. The maximum Gasteiger partial charge on any atom is 0.255 e. The van der Waals surface area contributed by atoms with E-state index in [1.165, 1.54) is 0 Å². The monoisotopic (exact) mass is 381 g/mol. The van der Waals surface area contributed by atoms with Crippen molar-refractivity contribution in [2.45, 2.75) is 59.3 Å². The first kappa shape index (κ1) is 19.7. The highest BCUT2D eigenvalue weighted by Crippen LogP contribution is 2.40. The smallest absolute Gasteiger partial charge is 0.255 e. The second-order valence-electron chi connectivity index (χ2n) is 9.07. The minimum absolute atomic E-state index is 0.235. The van der Waals surface area contributed by atoms with E-state index in [2.05, 4.69) is 51.1 Å². The normalized spacial score (nSPS) is 13.0. The molecule has 0 aliphatic rings. The van der Waals surface area contributed by atoms with Crippen LogP contribution in [0.5, 0.6) is 0 Å². The first-order valence-corrected chi connectivity index (χ1v) is 9.15. The van der Waals surface area contributed by atoms with Crippen LogP contribution in [0.25, 0.3) is 10.5 Å². The Labute approximate surface area is 164 Å². The molecule has 148 valence electrons. The Morgan fingerprint density at radius 2 is 1.50 bits per heavy atom. The van der Waals surface area contributed by atoms with Crippen LogP contribution in [0.15, 0.2) is 10.2 Å². The molecule has 0 aliphatic heterocycles. The van der Waals surface area contributed by atoms with Gasteiger partial charge in [-0.25, -0.2) is 4.85 Å². The third kappa shape index (κ3) is 3.09. The lowest BCUT2D eigenvalue weighted by atomic mass is 9.91. The molecule has 0 bridgehead atoms. The molecule has 0 spiro atoms. The van der Waals surface area contributed by atoms with Gasteiger partial charge in [0.15, 0.2) is 17.2 Å². The number of rotatable bonds is 2. The molecular weight excluding hydrogens is 354 g/mol. The second-order valence-corrected chi connectivity index (χ2v) is 9.07. The minimum Gasteiger partial charge on any atom is -0.313 e. The van der Waals surface area contributed by atoms with Gasteiger partial charge in [-0.05, 0) is 12.3 Å². The molecule has 0 saturated carbocycles. The third-order valence-electron chi connectivity index (χ3n) is 4.63. The number of hydrogen-bond acceptors (Lipinski definition) is 5. The molecule has 3 aromatic rings. The van der Waals surface area contributed by atoms with E-state index in [-0.39, 0.29) is 10.8 Å². The number of hydrogen-bond donors (Lipinski definition) is 0. The van der Waals surface area contributed by atoms with E-state index >= 15 is 0 Å². The van der Waals surface area contributed by atoms with Crippen LogP contribution >= 0.6 is 0 Å². The van der Waals surface area contributed by atoms with Gasteiger partial charge in [-0.1, -0.05) is 41.5 Å². The van der Waals surface area contributed by atoms with E-state index in [9.17, 15) is 0 Å². The largest absolute Gasteiger partial charge is 0.313 e. The summed E-state index contributed by atoms with van der Waals surface area (Å²) in [4.78, 5) is 3.69. The lowest BCUT2D eigenvalue weighted by molar-refractivity contribution is 0.554. The predicted octanol–water partition coefficient (Wildman–Crippen LogP) is 4.67. The third-order valence-corrected chi connectivity index (χ3v) is 4.63. The average Bonchev–Trinajstić information content (AvgIpc) is 3.17. The Hall–Kier alpha value is -3.02. The SMILES string of the molecule is [C-]#[N+]c1c(C(C)(C)C)nn(C)c1N=Nc1c(C(C)(C)C)nn2nc(C)n(C)c12. The van der Waals surface area contributed by atoms with Crippen molar-refractivity contribution < 1.29 is 0 Å². The van der Waals surface area contributed by atoms with Crippen molar-refractivity contribution in [2.75, 3.05) is 0 Å². The van der Waals surface area contributed by atoms with Crippen molar-refractivity contribution in [2.24, 2.45) is 24.3 Å². The quantitative estimate of drug-likeness (QED) is 0.478. The molecule has 28 heavy (non-hydrogen) atoms. The lowest BCUT2D eigenvalue weighted by Crippen LogP contribution is -2.12. The zero-order valence-corrected chi connectivity index (χ0v) is 18.0. The van der Waals surface area contributed by atoms with Crippen LogP contribution in [-0.2, 0) is 24.9 Å². The summed E-state index contributed by atoms with van der Waals surface area (Å²) in [5.74, 6) is 1.27. The summed E-state index contributed by atoms with van der Waals surface area (Å²) in [7, 11) is 3.71. The summed E-state index contributed by atoms with van der Waals surface area (Å²) in [6.07, 6.45) is 0. The van der Waals surface area contributed by atoms with Gasteiger partial charge >= 0.3 is 0 Å². The summed E-state index contributed by atoms with van der Waals surface area (Å²) < 4.78 is 5.16. The first-order valence-electron chi connectivity index (χ1n) is 9.15. The zero-order valence-electron chi connectivity index (χ0n) is 18.0. The highest BCUT2D eigenvalue weighted by atomic mass is 15.5. The maximum absolute atomic E-state index is 7.62. The first-order chi connectivity index (χ1) is 12.9. The number of azo groups is 1. The molecule has 3 rings (SSSR count). The van der Waals surface area contributed by atoms with E-state index in [1.807, 2.05) is 39.3 Å². The van der Waals surface area contributed by atoms with Gasteiger partial charge in [0.05, 0.1) is 18.0 Å². The number of aryl methyl sites for hydroxylation is 3. The Morgan fingerprint density at radius 3 is 2.04 bits per heavy atom. The number of fused-ring (bicyclic) bond motifs is 1. The number of nitrogens with zero attached hydrogens (tertiary/aromatic N) is 9. The molecule has 0 saturated heterocycles. The van der Waals surface area contributed by atoms with E-state index in [4.69, 9.17) is 6.57 Å². The fourth-order valence-corrected chi connectivity index (χ4v) is 3.03. The van der Waals surface area contributed by atoms with Gasteiger partial charge in [-0.15, -0.1) is 20.0 Å². The number of aromatic nitrogens is 6. The fraction of sp³-hybridized carbons (Fsp3) is 0.579. The highest BCUT2D eigenvalue weighted by Gasteiger charge is 2.29. The van der Waals surface area contributed by atoms with Crippen molar-refractivity contribution in [3.05, 3.63) is 28.6 Å². The second kappa shape index (κ2) is 6.26. The van der Waals surface area contributed by atoms with Crippen molar-refractivity contribution in [3.8, 4) is 0 Å².